The van der Waals surface area contributed by atoms with E-state index in [1.165, 1.54) is 17.3 Å². The summed E-state index contributed by atoms with van der Waals surface area (Å²) in [6.07, 6.45) is 2.04. The molecule has 1 amide bonds. The van der Waals surface area contributed by atoms with Gasteiger partial charge in [0, 0.05) is 17.5 Å². The average molecular weight is 406 g/mol. The summed E-state index contributed by atoms with van der Waals surface area (Å²) < 4.78 is 1.96. The zero-order valence-corrected chi connectivity index (χ0v) is 17.4. The van der Waals surface area contributed by atoms with Crippen LogP contribution in [0.25, 0.3) is 27.9 Å². The molecular weight excluding hydrogens is 382 g/mol. The van der Waals surface area contributed by atoms with Gasteiger partial charge in [0.1, 0.15) is 5.82 Å². The summed E-state index contributed by atoms with van der Waals surface area (Å²) in [5, 5.41) is 13.3. The largest absolute Gasteiger partial charge is 0.355 e. The monoisotopic (exact) mass is 405 g/mol. The zero-order chi connectivity index (χ0) is 20.2. The molecule has 2 aromatic carbocycles. The molecule has 0 fully saturated rings. The van der Waals surface area contributed by atoms with Crippen LogP contribution in [0.1, 0.15) is 25.3 Å². The molecule has 0 aliphatic rings. The van der Waals surface area contributed by atoms with E-state index in [2.05, 4.69) is 53.6 Å². The number of rotatable bonds is 7. The number of benzene rings is 2. The van der Waals surface area contributed by atoms with Crippen molar-refractivity contribution in [2.45, 2.75) is 31.8 Å². The molecule has 1 N–H and O–H groups in total. The number of nitrogens with one attached hydrogen (secondary N) is 1. The number of fused-ring (bicyclic) bond motifs is 3. The van der Waals surface area contributed by atoms with Gasteiger partial charge in [0.05, 0.1) is 11.3 Å². The zero-order valence-electron chi connectivity index (χ0n) is 16.6. The maximum absolute atomic E-state index is 12.1. The summed E-state index contributed by atoms with van der Waals surface area (Å²) in [5.74, 6) is 1.08. The first kappa shape index (κ1) is 19.4. The van der Waals surface area contributed by atoms with Gasteiger partial charge in [-0.15, -0.1) is 10.2 Å². The van der Waals surface area contributed by atoms with Crippen molar-refractivity contribution in [3.63, 3.8) is 0 Å². The van der Waals surface area contributed by atoms with Crippen molar-refractivity contribution in [1.82, 2.24) is 24.9 Å². The summed E-state index contributed by atoms with van der Waals surface area (Å²) in [5.41, 5.74) is 3.80. The van der Waals surface area contributed by atoms with Gasteiger partial charge in [-0.05, 0) is 25.5 Å². The minimum absolute atomic E-state index is 0.00540. The van der Waals surface area contributed by atoms with Crippen molar-refractivity contribution < 1.29 is 4.79 Å². The Morgan fingerprint density at radius 3 is 2.69 bits per heavy atom. The lowest BCUT2D eigenvalue weighted by molar-refractivity contribution is -0.118. The van der Waals surface area contributed by atoms with Crippen molar-refractivity contribution in [3.8, 4) is 11.4 Å². The lowest BCUT2D eigenvalue weighted by Gasteiger charge is -2.10. The molecule has 2 aromatic heterocycles. The number of aromatic nitrogens is 4. The van der Waals surface area contributed by atoms with E-state index in [0.717, 1.165) is 40.8 Å². The third-order valence-electron chi connectivity index (χ3n) is 4.71. The van der Waals surface area contributed by atoms with E-state index in [0.29, 0.717) is 17.5 Å². The Morgan fingerprint density at radius 1 is 1.10 bits per heavy atom. The number of aryl methyl sites for hydroxylation is 1. The van der Waals surface area contributed by atoms with Crippen LogP contribution < -0.4 is 5.32 Å². The van der Waals surface area contributed by atoms with Crippen molar-refractivity contribution in [2.75, 3.05) is 12.3 Å². The summed E-state index contributed by atoms with van der Waals surface area (Å²) in [4.78, 5) is 17.0. The molecule has 0 bridgehead atoms. The molecular formula is C22H23N5OS. The predicted molar refractivity (Wildman–Crippen MR) is 117 cm³/mol. The van der Waals surface area contributed by atoms with Gasteiger partial charge in [0.25, 0.3) is 0 Å². The standard InChI is InChI=1S/C22H23N5OS/c1-3-4-13-23-19(28)14-29-22-26-25-21-17-7-5-6-8-18(17)24-20(27(21)22)16-11-9-15(2)10-12-16/h5-12H,3-4,13-14H2,1-2H3,(H,23,28). The van der Waals surface area contributed by atoms with Crippen LogP contribution in [0, 0.1) is 6.92 Å². The lowest BCUT2D eigenvalue weighted by Crippen LogP contribution is -2.26. The fourth-order valence-electron chi connectivity index (χ4n) is 3.14. The number of carbonyl (C=O) groups excluding carboxylic acids is 1. The molecule has 4 rings (SSSR count). The lowest BCUT2D eigenvalue weighted by atomic mass is 10.1. The van der Waals surface area contributed by atoms with Crippen molar-refractivity contribution >= 4 is 34.2 Å². The first-order valence-corrected chi connectivity index (χ1v) is 10.8. The third-order valence-corrected chi connectivity index (χ3v) is 5.64. The highest BCUT2D eigenvalue weighted by atomic mass is 32.2. The van der Waals surface area contributed by atoms with Crippen molar-refractivity contribution in [2.24, 2.45) is 0 Å². The molecule has 2 heterocycles. The van der Waals surface area contributed by atoms with E-state index in [1.807, 2.05) is 28.7 Å². The van der Waals surface area contributed by atoms with Crippen LogP contribution in [-0.2, 0) is 4.79 Å². The van der Waals surface area contributed by atoms with Gasteiger partial charge in [-0.2, -0.15) is 0 Å². The van der Waals surface area contributed by atoms with Crippen LogP contribution in [0.2, 0.25) is 0 Å². The van der Waals surface area contributed by atoms with Gasteiger partial charge in [0.2, 0.25) is 5.91 Å². The van der Waals surface area contributed by atoms with Crippen molar-refractivity contribution in [1.29, 1.82) is 0 Å². The number of para-hydroxylation sites is 1. The van der Waals surface area contributed by atoms with Gasteiger partial charge >= 0.3 is 0 Å². The minimum atomic E-state index is 0.00540. The van der Waals surface area contributed by atoms with Crippen LogP contribution >= 0.6 is 11.8 Å². The number of hydrogen-bond donors (Lipinski definition) is 1. The normalized spacial score (nSPS) is 11.2. The van der Waals surface area contributed by atoms with Crippen molar-refractivity contribution in [3.05, 3.63) is 54.1 Å². The number of amides is 1. The fraction of sp³-hybridized carbons (Fsp3) is 0.273. The number of thioether (sulfide) groups is 1. The second kappa shape index (κ2) is 8.61. The number of carbonyl (C=O) groups is 1. The quantitative estimate of drug-likeness (QED) is 0.367. The van der Waals surface area contributed by atoms with E-state index < -0.39 is 0 Å². The summed E-state index contributed by atoms with van der Waals surface area (Å²) in [6.45, 7) is 4.87. The SMILES string of the molecule is CCCCNC(=O)CSc1nnc2c3ccccc3nc(-c3ccc(C)cc3)n12. The fourth-order valence-corrected chi connectivity index (χ4v) is 3.90. The molecule has 4 aromatic rings. The van der Waals surface area contributed by atoms with Gasteiger partial charge in [-0.3, -0.25) is 9.20 Å². The molecule has 0 atom stereocenters. The average Bonchev–Trinajstić information content (AvgIpc) is 3.17. The molecule has 0 spiro atoms. The van der Waals surface area contributed by atoms with Gasteiger partial charge < -0.3 is 5.32 Å². The molecule has 6 nitrogen and oxygen atoms in total. The molecule has 0 radical (unpaired) electrons. The van der Waals surface area contributed by atoms with Crippen LogP contribution in [-0.4, -0.2) is 37.8 Å². The highest BCUT2D eigenvalue weighted by Gasteiger charge is 2.17. The molecule has 29 heavy (non-hydrogen) atoms. The Labute approximate surface area is 173 Å². The summed E-state index contributed by atoms with van der Waals surface area (Å²) in [7, 11) is 0. The van der Waals surface area contributed by atoms with Crippen LogP contribution in [0.3, 0.4) is 0 Å². The van der Waals surface area contributed by atoms with Gasteiger partial charge in [-0.25, -0.2) is 4.98 Å². The molecule has 0 unspecified atom stereocenters. The second-order valence-corrected chi connectivity index (χ2v) is 7.89. The Morgan fingerprint density at radius 2 is 1.90 bits per heavy atom. The van der Waals surface area contributed by atoms with Crippen LogP contribution in [0.4, 0.5) is 0 Å². The Bertz CT molecular complexity index is 1150. The molecule has 0 saturated heterocycles. The highest BCUT2D eigenvalue weighted by molar-refractivity contribution is 7.99. The molecule has 7 heteroatoms. The first-order chi connectivity index (χ1) is 14.2. The van der Waals surface area contributed by atoms with E-state index >= 15 is 0 Å². The van der Waals surface area contributed by atoms with Gasteiger partial charge in [0.15, 0.2) is 10.8 Å². The second-order valence-electron chi connectivity index (χ2n) is 6.95. The van der Waals surface area contributed by atoms with Gasteiger partial charge in [-0.1, -0.05) is 67.1 Å². The number of unbranched alkanes of at least 4 members (excludes halogenated alkanes) is 1. The number of hydrogen-bond acceptors (Lipinski definition) is 5. The molecule has 0 saturated carbocycles. The molecule has 0 aliphatic heterocycles. The maximum atomic E-state index is 12.1. The topological polar surface area (TPSA) is 72.2 Å². The summed E-state index contributed by atoms with van der Waals surface area (Å²) in [6, 6.07) is 16.2. The predicted octanol–water partition coefficient (Wildman–Crippen LogP) is 4.26. The first-order valence-electron chi connectivity index (χ1n) is 9.78. The Kier molecular flexibility index (Phi) is 5.76. The molecule has 0 aliphatic carbocycles. The number of nitrogens with zero attached hydrogens (tertiary/aromatic N) is 4. The highest BCUT2D eigenvalue weighted by Crippen LogP contribution is 2.29. The Hall–Kier alpha value is -2.93. The van der Waals surface area contributed by atoms with Crippen LogP contribution in [0.5, 0.6) is 0 Å². The van der Waals surface area contributed by atoms with E-state index in [1.54, 1.807) is 0 Å². The summed E-state index contributed by atoms with van der Waals surface area (Å²) >= 11 is 1.38. The smallest absolute Gasteiger partial charge is 0.230 e. The minimum Gasteiger partial charge on any atom is -0.355 e. The Balaban J connectivity index is 1.75. The van der Waals surface area contributed by atoms with Crippen LogP contribution in [0.15, 0.2) is 53.7 Å². The van der Waals surface area contributed by atoms with E-state index in [-0.39, 0.29) is 5.91 Å². The van der Waals surface area contributed by atoms with E-state index in [4.69, 9.17) is 4.98 Å². The maximum Gasteiger partial charge on any atom is 0.230 e. The third kappa shape index (κ3) is 4.10. The van der Waals surface area contributed by atoms with E-state index in [9.17, 15) is 4.79 Å². The molecule has 148 valence electrons.